The van der Waals surface area contributed by atoms with E-state index < -0.39 is 11.6 Å². The fourth-order valence-corrected chi connectivity index (χ4v) is 5.15. The summed E-state index contributed by atoms with van der Waals surface area (Å²) in [5.74, 6) is 0.442. The van der Waals surface area contributed by atoms with Crippen LogP contribution >= 0.6 is 0 Å². The van der Waals surface area contributed by atoms with Gasteiger partial charge in [-0.15, -0.1) is 0 Å². The molecule has 2 aliphatic rings. The summed E-state index contributed by atoms with van der Waals surface area (Å²) in [5, 5.41) is 9.36. The normalized spacial score (nSPS) is 19.8. The molecule has 1 N–H and O–H groups in total. The SMILES string of the molecule is CC(C)(Oc1cccc(C2CCCN(C(=O)c3cccc(C4CCCCC4)c3)C2)c1)C(=O)O. The number of carboxylic acid groups (broad SMARTS) is 1. The van der Waals surface area contributed by atoms with Crippen LogP contribution in [0.1, 0.15) is 92.1 Å². The second kappa shape index (κ2) is 9.98. The molecule has 0 spiro atoms. The number of likely N-dealkylation sites (tertiary alicyclic amines) is 1. The minimum Gasteiger partial charge on any atom is -0.478 e. The Bertz CT molecular complexity index is 993. The summed E-state index contributed by atoms with van der Waals surface area (Å²) < 4.78 is 5.73. The molecule has 5 heteroatoms. The zero-order valence-corrected chi connectivity index (χ0v) is 19.8. The first-order valence-electron chi connectivity index (χ1n) is 12.2. The average Bonchev–Trinajstić information content (AvgIpc) is 2.84. The molecule has 176 valence electrons. The largest absolute Gasteiger partial charge is 0.478 e. The van der Waals surface area contributed by atoms with Crippen molar-refractivity contribution in [2.45, 2.75) is 76.2 Å². The van der Waals surface area contributed by atoms with E-state index in [0.29, 0.717) is 18.2 Å². The van der Waals surface area contributed by atoms with Crippen LogP contribution in [0.25, 0.3) is 0 Å². The lowest BCUT2D eigenvalue weighted by Crippen LogP contribution is -2.39. The number of benzene rings is 2. The van der Waals surface area contributed by atoms with Crippen molar-refractivity contribution in [3.8, 4) is 5.75 Å². The number of carbonyl (C=O) groups excluding carboxylic acids is 1. The minimum absolute atomic E-state index is 0.108. The van der Waals surface area contributed by atoms with E-state index >= 15 is 0 Å². The average molecular weight is 450 g/mol. The standard InChI is InChI=1S/C28H35NO4/c1-28(2,27(31)32)33-25-15-7-12-22(18-25)24-14-8-16-29(19-24)26(30)23-13-6-11-21(17-23)20-9-4-3-5-10-20/h6-7,11-13,15,17-18,20,24H,3-5,8-10,14,16,19H2,1-2H3,(H,31,32). The van der Waals surface area contributed by atoms with Crippen molar-refractivity contribution in [3.63, 3.8) is 0 Å². The predicted molar refractivity (Wildman–Crippen MR) is 129 cm³/mol. The Morgan fingerprint density at radius 2 is 1.58 bits per heavy atom. The molecule has 0 bridgehead atoms. The van der Waals surface area contributed by atoms with Gasteiger partial charge in [0, 0.05) is 24.6 Å². The Morgan fingerprint density at radius 3 is 2.30 bits per heavy atom. The van der Waals surface area contributed by atoms with Crippen LogP contribution in [0.4, 0.5) is 0 Å². The Kier molecular flexibility index (Phi) is 7.06. The first-order chi connectivity index (χ1) is 15.8. The Morgan fingerprint density at radius 1 is 0.909 bits per heavy atom. The van der Waals surface area contributed by atoms with Crippen LogP contribution in [0, 0.1) is 0 Å². The molecule has 2 aromatic rings. The minimum atomic E-state index is -1.30. The monoisotopic (exact) mass is 449 g/mol. The zero-order chi connectivity index (χ0) is 23.4. The van der Waals surface area contributed by atoms with E-state index in [1.54, 1.807) is 19.9 Å². The fourth-order valence-electron chi connectivity index (χ4n) is 5.15. The molecule has 1 unspecified atom stereocenters. The number of amides is 1. The van der Waals surface area contributed by atoms with Gasteiger partial charge in [-0.3, -0.25) is 4.79 Å². The highest BCUT2D eigenvalue weighted by atomic mass is 16.5. The van der Waals surface area contributed by atoms with Gasteiger partial charge in [0.05, 0.1) is 0 Å². The molecular weight excluding hydrogens is 414 g/mol. The summed E-state index contributed by atoms with van der Waals surface area (Å²) in [6, 6.07) is 15.9. The lowest BCUT2D eigenvalue weighted by molar-refractivity contribution is -0.152. The molecule has 1 saturated carbocycles. The zero-order valence-electron chi connectivity index (χ0n) is 19.8. The molecular formula is C28H35NO4. The first-order valence-corrected chi connectivity index (χ1v) is 12.2. The van der Waals surface area contributed by atoms with Crippen LogP contribution in [-0.4, -0.2) is 40.6 Å². The van der Waals surface area contributed by atoms with Crippen LogP contribution in [0.5, 0.6) is 5.75 Å². The third kappa shape index (κ3) is 5.58. The van der Waals surface area contributed by atoms with Gasteiger partial charge in [0.1, 0.15) is 5.75 Å². The van der Waals surface area contributed by atoms with E-state index in [1.165, 1.54) is 37.7 Å². The Labute approximate surface area is 196 Å². The summed E-state index contributed by atoms with van der Waals surface area (Å²) in [4.78, 5) is 26.8. The maximum atomic E-state index is 13.4. The number of hydrogen-bond acceptors (Lipinski definition) is 3. The molecule has 1 aliphatic carbocycles. The number of nitrogens with zero attached hydrogens (tertiary/aromatic N) is 1. The smallest absolute Gasteiger partial charge is 0.347 e. The molecule has 1 aliphatic heterocycles. The van der Waals surface area contributed by atoms with Gasteiger partial charge in [-0.25, -0.2) is 4.79 Å². The molecule has 5 nitrogen and oxygen atoms in total. The quantitative estimate of drug-likeness (QED) is 0.588. The number of ether oxygens (including phenoxy) is 1. The maximum absolute atomic E-state index is 13.4. The van der Waals surface area contributed by atoms with E-state index in [2.05, 4.69) is 12.1 Å². The molecule has 33 heavy (non-hydrogen) atoms. The van der Waals surface area contributed by atoms with Gasteiger partial charge in [-0.05, 0) is 80.8 Å². The van der Waals surface area contributed by atoms with Gasteiger partial charge in [0.2, 0.25) is 0 Å². The Hall–Kier alpha value is -2.82. The van der Waals surface area contributed by atoms with Gasteiger partial charge in [0.15, 0.2) is 5.60 Å². The Balaban J connectivity index is 1.46. The van der Waals surface area contributed by atoms with Crippen molar-refractivity contribution in [3.05, 3.63) is 65.2 Å². The first kappa shape index (κ1) is 23.3. The lowest BCUT2D eigenvalue weighted by Gasteiger charge is -2.33. The molecule has 1 atom stereocenters. The van der Waals surface area contributed by atoms with Crippen LogP contribution in [0.15, 0.2) is 48.5 Å². The summed E-state index contributed by atoms with van der Waals surface area (Å²) in [6.07, 6.45) is 8.28. The molecule has 0 radical (unpaired) electrons. The number of hydrogen-bond donors (Lipinski definition) is 1. The van der Waals surface area contributed by atoms with Crippen molar-refractivity contribution in [2.24, 2.45) is 0 Å². The van der Waals surface area contributed by atoms with Gasteiger partial charge >= 0.3 is 5.97 Å². The van der Waals surface area contributed by atoms with Crippen LogP contribution in [-0.2, 0) is 4.79 Å². The molecule has 1 heterocycles. The highest BCUT2D eigenvalue weighted by Gasteiger charge is 2.30. The van der Waals surface area contributed by atoms with E-state index in [1.807, 2.05) is 35.2 Å². The lowest BCUT2D eigenvalue weighted by atomic mass is 9.83. The third-order valence-corrected chi connectivity index (χ3v) is 7.14. The van der Waals surface area contributed by atoms with Crippen molar-refractivity contribution < 1.29 is 19.4 Å². The summed E-state index contributed by atoms with van der Waals surface area (Å²) in [6.45, 7) is 4.53. The van der Waals surface area contributed by atoms with Crippen LogP contribution in [0.2, 0.25) is 0 Å². The van der Waals surface area contributed by atoms with Gasteiger partial charge in [-0.2, -0.15) is 0 Å². The van der Waals surface area contributed by atoms with Crippen LogP contribution < -0.4 is 4.74 Å². The predicted octanol–water partition coefficient (Wildman–Crippen LogP) is 6.00. The number of rotatable bonds is 6. The number of piperidine rings is 1. The van der Waals surface area contributed by atoms with E-state index in [-0.39, 0.29) is 11.8 Å². The topological polar surface area (TPSA) is 66.8 Å². The summed E-state index contributed by atoms with van der Waals surface area (Å²) in [7, 11) is 0. The van der Waals surface area contributed by atoms with Gasteiger partial charge < -0.3 is 14.7 Å². The van der Waals surface area contributed by atoms with Crippen molar-refractivity contribution >= 4 is 11.9 Å². The molecule has 1 amide bonds. The van der Waals surface area contributed by atoms with Crippen molar-refractivity contribution in [1.82, 2.24) is 4.90 Å². The number of carbonyl (C=O) groups is 2. The maximum Gasteiger partial charge on any atom is 0.347 e. The molecule has 4 rings (SSSR count). The second-order valence-corrected chi connectivity index (χ2v) is 10.0. The summed E-state index contributed by atoms with van der Waals surface area (Å²) >= 11 is 0. The fraction of sp³-hybridized carbons (Fsp3) is 0.500. The highest BCUT2D eigenvalue weighted by molar-refractivity contribution is 5.94. The number of aliphatic carboxylic acids is 1. The number of carboxylic acids is 1. The van der Waals surface area contributed by atoms with E-state index in [9.17, 15) is 14.7 Å². The van der Waals surface area contributed by atoms with E-state index in [0.717, 1.165) is 30.5 Å². The molecule has 0 aromatic heterocycles. The van der Waals surface area contributed by atoms with E-state index in [4.69, 9.17) is 4.74 Å². The van der Waals surface area contributed by atoms with Crippen molar-refractivity contribution in [1.29, 1.82) is 0 Å². The highest BCUT2D eigenvalue weighted by Crippen LogP contribution is 2.34. The molecule has 2 aromatic carbocycles. The van der Waals surface area contributed by atoms with Gasteiger partial charge in [0.25, 0.3) is 5.91 Å². The molecule has 1 saturated heterocycles. The second-order valence-electron chi connectivity index (χ2n) is 10.0. The van der Waals surface area contributed by atoms with Gasteiger partial charge in [-0.1, -0.05) is 43.5 Å². The summed E-state index contributed by atoms with van der Waals surface area (Å²) in [5.41, 5.74) is 1.89. The third-order valence-electron chi connectivity index (χ3n) is 7.14. The van der Waals surface area contributed by atoms with Crippen molar-refractivity contribution in [2.75, 3.05) is 13.1 Å². The van der Waals surface area contributed by atoms with Crippen LogP contribution in [0.3, 0.4) is 0 Å². The molecule has 2 fully saturated rings.